The molecule has 23 heavy (non-hydrogen) atoms. The van der Waals surface area contributed by atoms with Gasteiger partial charge in [0, 0.05) is 47.0 Å². The van der Waals surface area contributed by atoms with Gasteiger partial charge in [0.05, 0.1) is 19.1 Å². The molecule has 2 radical (unpaired) electrons. The van der Waals surface area contributed by atoms with Gasteiger partial charge < -0.3 is 4.15 Å². The maximum Gasteiger partial charge on any atom is 0.405 e. The Hall–Kier alpha value is -0.189. The van der Waals surface area contributed by atoms with Crippen molar-refractivity contribution in [1.29, 1.82) is 0 Å². The number of fused-ring (bicyclic) bond motifs is 1. The molecule has 2 nitrogen and oxygen atoms in total. The van der Waals surface area contributed by atoms with Crippen molar-refractivity contribution in [2.24, 2.45) is 0 Å². The van der Waals surface area contributed by atoms with Crippen molar-refractivity contribution >= 4 is 15.8 Å². The Kier molecular flexibility index (Phi) is 5.50. The van der Waals surface area contributed by atoms with Gasteiger partial charge >= 0.3 is 9.68 Å². The molecule has 3 unspecified atom stereocenters. The Balaban J connectivity index is 0.00000192. The van der Waals surface area contributed by atoms with E-state index in [0.717, 1.165) is 13.8 Å². The molecule has 3 atom stereocenters. The molecule has 3 rings (SSSR count). The van der Waals surface area contributed by atoms with Crippen LogP contribution in [-0.4, -0.2) is 38.6 Å². The van der Waals surface area contributed by atoms with Gasteiger partial charge in [-0.3, -0.25) is 5.32 Å². The summed E-state index contributed by atoms with van der Waals surface area (Å²) in [6.07, 6.45) is 7.32. The van der Waals surface area contributed by atoms with Crippen LogP contribution >= 0.6 is 0 Å². The van der Waals surface area contributed by atoms with Crippen molar-refractivity contribution in [2.45, 2.75) is 57.3 Å². The van der Waals surface area contributed by atoms with Crippen molar-refractivity contribution in [2.75, 3.05) is 13.6 Å². The van der Waals surface area contributed by atoms with E-state index >= 15 is 0 Å². The molecule has 1 aliphatic carbocycles. The van der Waals surface area contributed by atoms with Crippen molar-refractivity contribution in [1.82, 2.24) is 5.32 Å². The number of hydrogen-bond donors (Lipinski definition) is 1. The van der Waals surface area contributed by atoms with Crippen LogP contribution in [0.3, 0.4) is 0 Å². The molecule has 2 aliphatic rings. The molecular weight excluding hydrogens is 332 g/mol. The second kappa shape index (κ2) is 6.61. The van der Waals surface area contributed by atoms with Gasteiger partial charge in [0.2, 0.25) is 0 Å². The van der Waals surface area contributed by atoms with E-state index in [2.05, 4.69) is 76.5 Å². The van der Waals surface area contributed by atoms with Gasteiger partial charge in [0.15, 0.2) is 0 Å². The van der Waals surface area contributed by atoms with E-state index in [0.29, 0.717) is 5.54 Å². The van der Waals surface area contributed by atoms with E-state index in [-0.39, 0.29) is 32.9 Å². The molecule has 1 aliphatic heterocycles. The van der Waals surface area contributed by atoms with Gasteiger partial charge in [-0.2, -0.15) is 0 Å². The van der Waals surface area contributed by atoms with Gasteiger partial charge in [-0.15, -0.1) is 0 Å². The molecule has 0 saturated carbocycles. The third-order valence-electron chi connectivity index (χ3n) is 5.23. The molecule has 1 aromatic rings. The number of allylic oxidation sites excluding steroid dienone is 1. The second-order valence-corrected chi connectivity index (χ2v) is 10.1. The molecule has 0 spiro atoms. The Morgan fingerprint density at radius 1 is 1.26 bits per heavy atom. The summed E-state index contributed by atoms with van der Waals surface area (Å²) in [5, 5.41) is 3.94. The Morgan fingerprint density at radius 2 is 1.96 bits per heavy atom. The summed E-state index contributed by atoms with van der Waals surface area (Å²) in [7, 11) is 3.34. The summed E-state index contributed by atoms with van der Waals surface area (Å²) in [6, 6.07) is 8.88. The van der Waals surface area contributed by atoms with Crippen LogP contribution in [0.2, 0.25) is 0 Å². The van der Waals surface area contributed by atoms with Crippen LogP contribution in [0.25, 0.3) is 6.08 Å². The Morgan fingerprint density at radius 3 is 2.65 bits per heavy atom. The maximum absolute atomic E-state index is 3.94. The molecule has 0 amide bonds. The number of quaternary nitrogens is 1. The monoisotopic (exact) mass is 361 g/mol. The normalized spacial score (nSPS) is 32.7. The summed E-state index contributed by atoms with van der Waals surface area (Å²) < 4.78 is 1.15. The smallest absolute Gasteiger partial charge is 0.365 e. The number of nitrogens with zero attached hydrogens (tertiary/aromatic N) is 1. The number of rotatable bonds is 3. The maximum atomic E-state index is 3.94. The molecule has 4 heteroatoms. The first-order valence-electron chi connectivity index (χ1n) is 8.42. The first-order valence-corrected chi connectivity index (χ1v) is 9.45. The van der Waals surface area contributed by atoms with Gasteiger partial charge in [0.25, 0.3) is 0 Å². The minimum absolute atomic E-state index is 0. The minimum Gasteiger partial charge on any atom is -0.365 e. The fourth-order valence-electron chi connectivity index (χ4n) is 4.10. The second-order valence-electron chi connectivity index (χ2n) is 8.26. The number of likely N-dealkylation sites (tertiary alicyclic amines) is 1. The van der Waals surface area contributed by atoms with E-state index in [4.69, 9.17) is 0 Å². The summed E-state index contributed by atoms with van der Waals surface area (Å²) >= 11 is 0. The zero-order valence-electron chi connectivity index (χ0n) is 15.1. The molecule has 122 valence electrons. The SMILES string of the molecule is CC(C)(C)NC1(C)CCC[N+]1(C)[Si]C1C=Cc2ccccc21.[Ti]. The fourth-order valence-corrected chi connectivity index (χ4v) is 6.04. The average Bonchev–Trinajstić information content (AvgIpc) is 2.91. The van der Waals surface area contributed by atoms with E-state index in [1.165, 1.54) is 30.5 Å². The van der Waals surface area contributed by atoms with Crippen molar-refractivity contribution in [3.63, 3.8) is 0 Å². The van der Waals surface area contributed by atoms with Crippen LogP contribution in [0, 0.1) is 0 Å². The van der Waals surface area contributed by atoms with Crippen LogP contribution < -0.4 is 5.32 Å². The number of benzene rings is 1. The summed E-state index contributed by atoms with van der Waals surface area (Å²) in [5.74, 6) is 0. The zero-order chi connectivity index (χ0) is 16.0. The van der Waals surface area contributed by atoms with Gasteiger partial charge in [-0.05, 0) is 31.9 Å². The molecule has 1 saturated heterocycles. The number of hydrogen-bond acceptors (Lipinski definition) is 1. The minimum atomic E-state index is 0. The third-order valence-corrected chi connectivity index (χ3v) is 7.29. The molecule has 0 bridgehead atoms. The van der Waals surface area contributed by atoms with Gasteiger partial charge in [-0.1, -0.05) is 36.4 Å². The molecule has 1 N–H and O–H groups in total. The zero-order valence-corrected chi connectivity index (χ0v) is 17.7. The standard InChI is InChI=1S/C19H29N2Si.Ti/c1-18(2,3)20-19(4)13-8-14-21(19,5)22-17-12-11-15-9-6-7-10-16(15)17;/h6-7,9-12,17,20H,8,13-14H2,1-5H3;/q+1;. The van der Waals surface area contributed by atoms with Crippen molar-refractivity contribution in [3.05, 3.63) is 41.5 Å². The third kappa shape index (κ3) is 3.74. The quantitative estimate of drug-likeness (QED) is 0.810. The van der Waals surface area contributed by atoms with Crippen molar-refractivity contribution < 1.29 is 25.9 Å². The van der Waals surface area contributed by atoms with E-state index in [1.807, 2.05) is 0 Å². The van der Waals surface area contributed by atoms with Crippen LogP contribution in [0.1, 0.15) is 57.2 Å². The van der Waals surface area contributed by atoms with E-state index in [9.17, 15) is 0 Å². The van der Waals surface area contributed by atoms with Crippen LogP contribution in [0.15, 0.2) is 30.3 Å². The van der Waals surface area contributed by atoms with Gasteiger partial charge in [-0.25, -0.2) is 0 Å². The predicted molar refractivity (Wildman–Crippen MR) is 95.6 cm³/mol. The first kappa shape index (κ1) is 19.1. The predicted octanol–water partition coefficient (Wildman–Crippen LogP) is 3.72. The van der Waals surface area contributed by atoms with E-state index < -0.39 is 0 Å². The van der Waals surface area contributed by atoms with Gasteiger partial charge in [0.1, 0.15) is 5.66 Å². The Bertz CT molecular complexity index is 595. The fraction of sp³-hybridized carbons (Fsp3) is 0.579. The van der Waals surface area contributed by atoms with E-state index in [1.54, 1.807) is 0 Å². The molecule has 1 aromatic carbocycles. The average molecular weight is 361 g/mol. The topological polar surface area (TPSA) is 12.0 Å². The first-order chi connectivity index (χ1) is 10.2. The molecule has 1 fully saturated rings. The van der Waals surface area contributed by atoms with Crippen LogP contribution in [-0.2, 0) is 21.7 Å². The largest absolute Gasteiger partial charge is 0.405 e. The molecule has 1 heterocycles. The van der Waals surface area contributed by atoms with Crippen LogP contribution in [0.5, 0.6) is 0 Å². The molecule has 0 aromatic heterocycles. The summed E-state index contributed by atoms with van der Waals surface area (Å²) in [4.78, 5) is 0. The summed E-state index contributed by atoms with van der Waals surface area (Å²) in [5.41, 5.74) is 3.86. The summed E-state index contributed by atoms with van der Waals surface area (Å²) in [6.45, 7) is 10.6. The van der Waals surface area contributed by atoms with Crippen LogP contribution in [0.4, 0.5) is 0 Å². The van der Waals surface area contributed by atoms with Crippen molar-refractivity contribution in [3.8, 4) is 0 Å². The molecular formula is C19H29N2SiTi+. The number of nitrogens with one attached hydrogen (secondary N) is 1. The Labute approximate surface area is 159 Å².